The maximum absolute atomic E-state index is 13.7. The molecule has 35 heavy (non-hydrogen) atoms. The fourth-order valence-electron chi connectivity index (χ4n) is 5.08. The number of nitrogens with one attached hydrogen (secondary N) is 3. The summed E-state index contributed by atoms with van der Waals surface area (Å²) in [5, 5.41) is 2.57. The molecule has 186 valence electrons. The zero-order valence-corrected chi connectivity index (χ0v) is 18.9. The topological polar surface area (TPSA) is 103 Å². The quantitative estimate of drug-likeness (QED) is 0.447. The van der Waals surface area contributed by atoms with Crippen molar-refractivity contribution < 1.29 is 31.9 Å². The van der Waals surface area contributed by atoms with Gasteiger partial charge >= 0.3 is 12.2 Å². The first kappa shape index (κ1) is 24.4. The molecule has 4 amide bonds. The zero-order valence-electron chi connectivity index (χ0n) is 18.9. The highest BCUT2D eigenvalue weighted by Gasteiger charge is 2.62. The number of likely N-dealkylation sites (tertiary alicyclic amines) is 1. The Morgan fingerprint density at radius 1 is 1.11 bits per heavy atom. The van der Waals surface area contributed by atoms with Gasteiger partial charge < -0.3 is 10.2 Å². The summed E-state index contributed by atoms with van der Waals surface area (Å²) in [6.07, 6.45) is -1.31. The van der Waals surface area contributed by atoms with Gasteiger partial charge in [-0.25, -0.2) is 9.18 Å². The van der Waals surface area contributed by atoms with Crippen molar-refractivity contribution in [3.63, 3.8) is 0 Å². The van der Waals surface area contributed by atoms with Crippen LogP contribution >= 0.6 is 0 Å². The Balaban J connectivity index is 1.62. The number of fused-ring (bicyclic) bond motifs is 2. The Morgan fingerprint density at radius 2 is 1.86 bits per heavy atom. The summed E-state index contributed by atoms with van der Waals surface area (Å²) in [6, 6.07) is 3.02. The van der Waals surface area contributed by atoms with Gasteiger partial charge in [0.05, 0.1) is 11.8 Å². The van der Waals surface area contributed by atoms with Crippen LogP contribution in [0.1, 0.15) is 38.7 Å². The summed E-state index contributed by atoms with van der Waals surface area (Å²) in [6.45, 7) is 3.18. The zero-order chi connectivity index (χ0) is 25.5. The third-order valence-corrected chi connectivity index (χ3v) is 6.35. The maximum atomic E-state index is 13.7. The lowest BCUT2D eigenvalue weighted by molar-refractivity contribution is -0.157. The first-order chi connectivity index (χ1) is 16.4. The molecule has 0 spiro atoms. The minimum atomic E-state index is -4.72. The van der Waals surface area contributed by atoms with E-state index in [1.165, 1.54) is 11.8 Å². The SMILES string of the molecule is CC(=O)NNC(=O)C12CC(C)CC(C1)N2C(=O)Nc1ccc(C(F)(F)F)c(-c2cncc(F)c2)c1. The number of nitrogens with zero attached hydrogens (tertiary/aromatic N) is 2. The van der Waals surface area contributed by atoms with E-state index in [9.17, 15) is 31.9 Å². The molecule has 2 heterocycles. The third kappa shape index (κ3) is 4.64. The molecule has 3 unspecified atom stereocenters. The highest BCUT2D eigenvalue weighted by atomic mass is 19.4. The molecule has 1 aromatic carbocycles. The predicted molar refractivity (Wildman–Crippen MR) is 117 cm³/mol. The Labute approximate surface area is 198 Å². The minimum absolute atomic E-state index is 0.0395. The Bertz CT molecular complexity index is 1190. The lowest BCUT2D eigenvalue weighted by Gasteiger charge is -2.61. The van der Waals surface area contributed by atoms with Crippen LogP contribution in [0, 0.1) is 11.7 Å². The summed E-state index contributed by atoms with van der Waals surface area (Å²) in [5.74, 6) is -1.67. The van der Waals surface area contributed by atoms with E-state index in [0.29, 0.717) is 19.3 Å². The number of alkyl halides is 3. The van der Waals surface area contributed by atoms with Gasteiger partial charge in [-0.1, -0.05) is 6.92 Å². The number of pyridine rings is 1. The van der Waals surface area contributed by atoms with Crippen molar-refractivity contribution >= 4 is 23.5 Å². The van der Waals surface area contributed by atoms with Gasteiger partial charge in [-0.15, -0.1) is 0 Å². The molecule has 1 saturated carbocycles. The smallest absolute Gasteiger partial charge is 0.308 e. The van der Waals surface area contributed by atoms with Gasteiger partial charge in [0.15, 0.2) is 0 Å². The molecule has 3 N–H and O–H groups in total. The molecule has 2 aliphatic rings. The number of hydrogen-bond acceptors (Lipinski definition) is 4. The van der Waals surface area contributed by atoms with E-state index in [1.54, 1.807) is 0 Å². The molecular weight excluding hydrogens is 470 g/mol. The first-order valence-corrected chi connectivity index (χ1v) is 10.9. The molecule has 2 fully saturated rings. The van der Waals surface area contributed by atoms with Gasteiger partial charge in [0.1, 0.15) is 11.4 Å². The second-order valence-corrected chi connectivity index (χ2v) is 9.02. The highest BCUT2D eigenvalue weighted by molar-refractivity contribution is 5.99. The van der Waals surface area contributed by atoms with Crippen molar-refractivity contribution in [2.45, 2.75) is 50.9 Å². The summed E-state index contributed by atoms with van der Waals surface area (Å²) in [4.78, 5) is 42.3. The Hall–Kier alpha value is -3.70. The lowest BCUT2D eigenvalue weighted by Crippen LogP contribution is -2.77. The molecule has 1 saturated heterocycles. The Morgan fingerprint density at radius 3 is 2.51 bits per heavy atom. The van der Waals surface area contributed by atoms with E-state index in [0.717, 1.165) is 36.7 Å². The van der Waals surface area contributed by atoms with Gasteiger partial charge in [0.2, 0.25) is 5.91 Å². The summed E-state index contributed by atoms with van der Waals surface area (Å²) < 4.78 is 54.5. The van der Waals surface area contributed by atoms with Gasteiger partial charge in [-0.2, -0.15) is 13.2 Å². The van der Waals surface area contributed by atoms with Crippen LogP contribution < -0.4 is 16.2 Å². The molecule has 0 radical (unpaired) electrons. The second kappa shape index (κ2) is 8.82. The van der Waals surface area contributed by atoms with E-state index in [2.05, 4.69) is 21.2 Å². The molecule has 1 aromatic heterocycles. The lowest BCUT2D eigenvalue weighted by atomic mass is 9.64. The van der Waals surface area contributed by atoms with Crippen LogP contribution in [0.4, 0.5) is 28.0 Å². The number of aromatic nitrogens is 1. The molecule has 2 aromatic rings. The average molecular weight is 493 g/mol. The van der Waals surface area contributed by atoms with Crippen molar-refractivity contribution in [1.82, 2.24) is 20.7 Å². The van der Waals surface area contributed by atoms with Gasteiger partial charge in [-0.05, 0) is 48.6 Å². The number of hydrogen-bond donors (Lipinski definition) is 3. The number of urea groups is 1. The second-order valence-electron chi connectivity index (χ2n) is 9.02. The normalized spacial score (nSPS) is 23.2. The molecule has 3 atom stereocenters. The Kier molecular flexibility index (Phi) is 6.16. The number of hydrazine groups is 1. The molecule has 2 bridgehead atoms. The number of piperidine rings is 1. The van der Waals surface area contributed by atoms with Crippen LogP contribution in [-0.4, -0.2) is 39.3 Å². The predicted octanol–water partition coefficient (Wildman–Crippen LogP) is 3.85. The maximum Gasteiger partial charge on any atom is 0.417 e. The number of halogens is 4. The van der Waals surface area contributed by atoms with E-state index in [4.69, 9.17) is 0 Å². The number of anilines is 1. The number of amides is 4. The van der Waals surface area contributed by atoms with Crippen LogP contribution in [-0.2, 0) is 15.8 Å². The van der Waals surface area contributed by atoms with Crippen LogP contribution in [0.25, 0.3) is 11.1 Å². The van der Waals surface area contributed by atoms with Crippen molar-refractivity contribution in [2.75, 3.05) is 5.32 Å². The van der Waals surface area contributed by atoms with Crippen LogP contribution in [0.15, 0.2) is 36.7 Å². The first-order valence-electron chi connectivity index (χ1n) is 10.9. The number of rotatable bonds is 3. The van der Waals surface area contributed by atoms with Gasteiger partial charge in [-0.3, -0.25) is 25.4 Å². The largest absolute Gasteiger partial charge is 0.417 e. The van der Waals surface area contributed by atoms with Crippen molar-refractivity contribution in [2.24, 2.45) is 5.92 Å². The molecule has 1 aliphatic heterocycles. The molecule has 12 heteroatoms. The monoisotopic (exact) mass is 493 g/mol. The van der Waals surface area contributed by atoms with Crippen LogP contribution in [0.3, 0.4) is 0 Å². The van der Waals surface area contributed by atoms with Crippen molar-refractivity contribution in [3.8, 4) is 11.1 Å². The van der Waals surface area contributed by atoms with E-state index in [-0.39, 0.29) is 28.8 Å². The molecule has 4 rings (SSSR count). The molecule has 8 nitrogen and oxygen atoms in total. The standard InChI is InChI=1S/C23H23F4N5O3/c1-12-5-17-9-22(8-12,20(34)31-30-13(2)33)32(17)21(35)29-16-3-4-19(23(25,26)27)18(7-16)14-6-15(24)11-28-10-14/h3-4,6-7,10-12,17H,5,8-9H2,1-2H3,(H,29,35)(H,30,33)(H,31,34). The highest BCUT2D eigenvalue weighted by Crippen LogP contribution is 2.50. The van der Waals surface area contributed by atoms with Crippen LogP contribution in [0.5, 0.6) is 0 Å². The minimum Gasteiger partial charge on any atom is -0.308 e. The third-order valence-electron chi connectivity index (χ3n) is 6.35. The number of carbonyl (C=O) groups is 3. The van der Waals surface area contributed by atoms with E-state index < -0.39 is 40.9 Å². The number of carbonyl (C=O) groups excluding carboxylic acids is 3. The summed E-state index contributed by atoms with van der Waals surface area (Å²) in [7, 11) is 0. The van der Waals surface area contributed by atoms with Crippen LogP contribution in [0.2, 0.25) is 0 Å². The van der Waals surface area contributed by atoms with Gasteiger partial charge in [0.25, 0.3) is 5.91 Å². The fraction of sp³-hybridized carbons (Fsp3) is 0.391. The fourth-order valence-corrected chi connectivity index (χ4v) is 5.08. The van der Waals surface area contributed by atoms with Crippen molar-refractivity contribution in [3.05, 3.63) is 48.0 Å². The average Bonchev–Trinajstić information content (AvgIpc) is 2.75. The molecular formula is C23H23F4N5O3. The summed E-state index contributed by atoms with van der Waals surface area (Å²) in [5.41, 5.74) is 1.95. The molecule has 1 aliphatic carbocycles. The van der Waals surface area contributed by atoms with E-state index in [1.807, 2.05) is 6.92 Å². The van der Waals surface area contributed by atoms with Crippen molar-refractivity contribution in [1.29, 1.82) is 0 Å². The van der Waals surface area contributed by atoms with E-state index >= 15 is 0 Å². The number of benzene rings is 1. The van der Waals surface area contributed by atoms with Gasteiger partial charge in [0, 0.05) is 36.8 Å². The summed E-state index contributed by atoms with van der Waals surface area (Å²) >= 11 is 0.